The number of aromatic nitrogens is 3. The number of carbonyl (C=O) groups is 1. The molecule has 0 aliphatic heterocycles. The Morgan fingerprint density at radius 3 is 2.77 bits per heavy atom. The lowest BCUT2D eigenvalue weighted by Crippen LogP contribution is -2.31. The van der Waals surface area contributed by atoms with Gasteiger partial charge in [-0.25, -0.2) is 9.78 Å². The molecular formula is C15H22N6O. The van der Waals surface area contributed by atoms with Crippen molar-refractivity contribution in [2.24, 2.45) is 7.05 Å². The van der Waals surface area contributed by atoms with Crippen molar-refractivity contribution in [3.05, 3.63) is 35.9 Å². The Kier molecular flexibility index (Phi) is 4.98. The van der Waals surface area contributed by atoms with Gasteiger partial charge in [0, 0.05) is 45.5 Å². The zero-order valence-corrected chi connectivity index (χ0v) is 13.4. The number of urea groups is 1. The Morgan fingerprint density at radius 1 is 1.36 bits per heavy atom. The topological polar surface area (TPSA) is 75.1 Å². The lowest BCUT2D eigenvalue weighted by molar-refractivity contribution is 0.252. The smallest absolute Gasteiger partial charge is 0.319 e. The highest BCUT2D eigenvalue weighted by atomic mass is 16.2. The number of carbonyl (C=O) groups excluding carboxylic acids is 1. The highest BCUT2D eigenvalue weighted by Crippen LogP contribution is 2.21. The van der Waals surface area contributed by atoms with Gasteiger partial charge in [-0.3, -0.25) is 4.68 Å². The SMILES string of the molecule is Cc1ccc(N(C)C)cc1NC(=O)NCCc1ncnn1C. The molecular weight excluding hydrogens is 280 g/mol. The van der Waals surface area contributed by atoms with E-state index in [4.69, 9.17) is 0 Å². The normalized spacial score (nSPS) is 10.4. The molecule has 0 bridgehead atoms. The molecule has 7 nitrogen and oxygen atoms in total. The van der Waals surface area contributed by atoms with Crippen LogP contribution in [0.2, 0.25) is 0 Å². The summed E-state index contributed by atoms with van der Waals surface area (Å²) in [5, 5.41) is 9.70. The van der Waals surface area contributed by atoms with E-state index >= 15 is 0 Å². The molecule has 2 rings (SSSR count). The molecule has 22 heavy (non-hydrogen) atoms. The van der Waals surface area contributed by atoms with Crippen LogP contribution < -0.4 is 15.5 Å². The molecule has 0 spiro atoms. The Balaban J connectivity index is 1.89. The average molecular weight is 302 g/mol. The summed E-state index contributed by atoms with van der Waals surface area (Å²) in [7, 11) is 5.77. The van der Waals surface area contributed by atoms with Gasteiger partial charge in [0.1, 0.15) is 12.2 Å². The number of nitrogens with zero attached hydrogens (tertiary/aromatic N) is 4. The van der Waals surface area contributed by atoms with E-state index in [0.29, 0.717) is 13.0 Å². The number of nitrogens with one attached hydrogen (secondary N) is 2. The van der Waals surface area contributed by atoms with Crippen LogP contribution in [0.1, 0.15) is 11.4 Å². The minimum Gasteiger partial charge on any atom is -0.378 e. The molecule has 0 aliphatic rings. The number of anilines is 2. The van der Waals surface area contributed by atoms with Gasteiger partial charge < -0.3 is 15.5 Å². The monoisotopic (exact) mass is 302 g/mol. The van der Waals surface area contributed by atoms with Gasteiger partial charge in [-0.05, 0) is 24.6 Å². The highest BCUT2D eigenvalue weighted by Gasteiger charge is 2.07. The van der Waals surface area contributed by atoms with Crippen LogP contribution in [0.25, 0.3) is 0 Å². The van der Waals surface area contributed by atoms with E-state index in [2.05, 4.69) is 20.7 Å². The molecule has 0 fully saturated rings. The second kappa shape index (κ2) is 6.93. The second-order valence-corrected chi connectivity index (χ2v) is 5.32. The second-order valence-electron chi connectivity index (χ2n) is 5.32. The van der Waals surface area contributed by atoms with Crippen LogP contribution in [0.15, 0.2) is 24.5 Å². The van der Waals surface area contributed by atoms with Crippen LogP contribution in [0.4, 0.5) is 16.2 Å². The van der Waals surface area contributed by atoms with Gasteiger partial charge in [-0.15, -0.1) is 0 Å². The molecule has 2 N–H and O–H groups in total. The summed E-state index contributed by atoms with van der Waals surface area (Å²) in [5.41, 5.74) is 2.87. The quantitative estimate of drug-likeness (QED) is 0.879. The van der Waals surface area contributed by atoms with E-state index in [1.54, 1.807) is 4.68 Å². The zero-order chi connectivity index (χ0) is 16.1. The van der Waals surface area contributed by atoms with Gasteiger partial charge in [-0.2, -0.15) is 5.10 Å². The first-order valence-electron chi connectivity index (χ1n) is 7.13. The van der Waals surface area contributed by atoms with E-state index in [-0.39, 0.29) is 6.03 Å². The molecule has 0 aliphatic carbocycles. The Bertz CT molecular complexity index is 649. The molecule has 118 valence electrons. The summed E-state index contributed by atoms with van der Waals surface area (Å²) in [6.07, 6.45) is 2.14. The number of aryl methyl sites for hydroxylation is 2. The summed E-state index contributed by atoms with van der Waals surface area (Å²) < 4.78 is 1.70. The lowest BCUT2D eigenvalue weighted by Gasteiger charge is -2.16. The first-order chi connectivity index (χ1) is 10.5. The van der Waals surface area contributed by atoms with Crippen molar-refractivity contribution < 1.29 is 4.79 Å². The fourth-order valence-electron chi connectivity index (χ4n) is 2.02. The number of hydrogen-bond acceptors (Lipinski definition) is 4. The predicted molar refractivity (Wildman–Crippen MR) is 87.2 cm³/mol. The van der Waals surface area contributed by atoms with E-state index in [0.717, 1.165) is 22.8 Å². The third-order valence-electron chi connectivity index (χ3n) is 3.43. The Labute approximate surface area is 130 Å². The summed E-state index contributed by atoms with van der Waals surface area (Å²) in [4.78, 5) is 18.1. The van der Waals surface area contributed by atoms with Crippen LogP contribution in [0.5, 0.6) is 0 Å². The van der Waals surface area contributed by atoms with Crippen LogP contribution >= 0.6 is 0 Å². The molecule has 7 heteroatoms. The lowest BCUT2D eigenvalue weighted by atomic mass is 10.1. The van der Waals surface area contributed by atoms with Gasteiger partial charge in [0.15, 0.2) is 0 Å². The summed E-state index contributed by atoms with van der Waals surface area (Å²) in [6, 6.07) is 5.75. The van der Waals surface area contributed by atoms with E-state index in [1.165, 1.54) is 6.33 Å². The summed E-state index contributed by atoms with van der Waals surface area (Å²) in [5.74, 6) is 0.839. The molecule has 1 heterocycles. The van der Waals surface area contributed by atoms with E-state index in [1.807, 2.05) is 51.2 Å². The predicted octanol–water partition coefficient (Wildman–Crippen LogP) is 1.55. The van der Waals surface area contributed by atoms with Crippen LogP contribution in [0, 0.1) is 6.92 Å². The van der Waals surface area contributed by atoms with Crippen molar-refractivity contribution in [1.82, 2.24) is 20.1 Å². The van der Waals surface area contributed by atoms with Crippen LogP contribution in [-0.2, 0) is 13.5 Å². The van der Waals surface area contributed by atoms with Crippen LogP contribution in [-0.4, -0.2) is 41.4 Å². The maximum atomic E-state index is 12.0. The van der Waals surface area contributed by atoms with E-state index < -0.39 is 0 Å². The number of rotatable bonds is 5. The average Bonchev–Trinajstić information content (AvgIpc) is 2.86. The molecule has 0 saturated heterocycles. The minimum absolute atomic E-state index is 0.221. The molecule has 2 aromatic rings. The molecule has 0 radical (unpaired) electrons. The van der Waals surface area contributed by atoms with Crippen molar-refractivity contribution in [1.29, 1.82) is 0 Å². The molecule has 2 amide bonds. The molecule has 0 atom stereocenters. The maximum Gasteiger partial charge on any atom is 0.319 e. The largest absolute Gasteiger partial charge is 0.378 e. The Hall–Kier alpha value is -2.57. The van der Waals surface area contributed by atoms with Gasteiger partial charge in [0.2, 0.25) is 0 Å². The van der Waals surface area contributed by atoms with Crippen molar-refractivity contribution in [3.8, 4) is 0 Å². The summed E-state index contributed by atoms with van der Waals surface area (Å²) in [6.45, 7) is 2.47. The first-order valence-corrected chi connectivity index (χ1v) is 7.13. The zero-order valence-electron chi connectivity index (χ0n) is 13.4. The standard InChI is InChI=1S/C15H22N6O/c1-11-5-6-12(20(2)3)9-13(11)19-15(22)16-8-7-14-17-10-18-21(14)4/h5-6,9-10H,7-8H2,1-4H3,(H2,16,19,22). The molecule has 1 aromatic carbocycles. The maximum absolute atomic E-state index is 12.0. The van der Waals surface area contributed by atoms with Crippen molar-refractivity contribution in [3.63, 3.8) is 0 Å². The third-order valence-corrected chi connectivity index (χ3v) is 3.43. The number of hydrogen-bond donors (Lipinski definition) is 2. The van der Waals surface area contributed by atoms with Crippen molar-refractivity contribution in [2.45, 2.75) is 13.3 Å². The van der Waals surface area contributed by atoms with Gasteiger partial charge >= 0.3 is 6.03 Å². The van der Waals surface area contributed by atoms with Crippen LogP contribution in [0.3, 0.4) is 0 Å². The minimum atomic E-state index is -0.221. The number of amides is 2. The first kappa shape index (κ1) is 15.8. The molecule has 0 unspecified atom stereocenters. The van der Waals surface area contributed by atoms with E-state index in [9.17, 15) is 4.79 Å². The fourth-order valence-corrected chi connectivity index (χ4v) is 2.02. The molecule has 1 aromatic heterocycles. The van der Waals surface area contributed by atoms with Crippen molar-refractivity contribution in [2.75, 3.05) is 30.9 Å². The highest BCUT2D eigenvalue weighted by molar-refractivity contribution is 5.90. The fraction of sp³-hybridized carbons (Fsp3) is 0.400. The van der Waals surface area contributed by atoms with Gasteiger partial charge in [0.25, 0.3) is 0 Å². The number of benzene rings is 1. The van der Waals surface area contributed by atoms with Crippen molar-refractivity contribution >= 4 is 17.4 Å². The Morgan fingerprint density at radius 2 is 2.14 bits per heavy atom. The van der Waals surface area contributed by atoms with Gasteiger partial charge in [-0.1, -0.05) is 6.07 Å². The summed E-state index contributed by atoms with van der Waals surface area (Å²) >= 11 is 0. The third kappa shape index (κ3) is 3.97. The van der Waals surface area contributed by atoms with Gasteiger partial charge in [0.05, 0.1) is 0 Å². The molecule has 0 saturated carbocycles.